The summed E-state index contributed by atoms with van der Waals surface area (Å²) in [4.78, 5) is 35.5. The monoisotopic (exact) mass is 261 g/mol. The summed E-state index contributed by atoms with van der Waals surface area (Å²) in [6, 6.07) is 5.64. The molecule has 0 fully saturated rings. The number of benzene rings is 1. The molecule has 6 heteroatoms. The Labute approximate surface area is 110 Å². The van der Waals surface area contributed by atoms with Crippen LogP contribution in [0.5, 0.6) is 0 Å². The van der Waals surface area contributed by atoms with E-state index in [0.717, 1.165) is 0 Å². The van der Waals surface area contributed by atoms with Crippen LogP contribution in [0.1, 0.15) is 13.8 Å². The summed E-state index contributed by atoms with van der Waals surface area (Å²) in [5, 5.41) is 7.65. The number of amides is 3. The summed E-state index contributed by atoms with van der Waals surface area (Å²) in [5.74, 6) is -1.74. The summed E-state index contributed by atoms with van der Waals surface area (Å²) in [5.41, 5.74) is 1.03. The molecule has 1 aromatic rings. The maximum Gasteiger partial charge on any atom is 0.256 e. The Morgan fingerprint density at radius 2 is 1.58 bits per heavy atom. The van der Waals surface area contributed by atoms with E-state index in [1.165, 1.54) is 0 Å². The summed E-state index contributed by atoms with van der Waals surface area (Å²) in [6.07, 6.45) is 0. The van der Waals surface area contributed by atoms with Crippen LogP contribution >= 0.6 is 0 Å². The smallest absolute Gasteiger partial charge is 0.256 e. The molecule has 0 unspecified atom stereocenters. The fraction of sp³-hybridized carbons (Fsp3) is 0.308. The highest BCUT2D eigenvalue weighted by Gasteiger charge is 2.32. The molecule has 2 rings (SSSR count). The second-order valence-corrected chi connectivity index (χ2v) is 4.62. The molecule has 3 amide bonds. The van der Waals surface area contributed by atoms with Gasteiger partial charge >= 0.3 is 0 Å². The lowest BCUT2D eigenvalue weighted by molar-refractivity contribution is -0.133. The Kier molecular flexibility index (Phi) is 3.50. The number of hydrogen-bond donors (Lipinski definition) is 3. The molecule has 6 nitrogen and oxygen atoms in total. The zero-order valence-electron chi connectivity index (χ0n) is 10.7. The normalized spacial score (nSPS) is 15.3. The van der Waals surface area contributed by atoms with Gasteiger partial charge in [-0.15, -0.1) is 0 Å². The van der Waals surface area contributed by atoms with Gasteiger partial charge in [-0.2, -0.15) is 0 Å². The summed E-state index contributed by atoms with van der Waals surface area (Å²) in [7, 11) is 0. The van der Waals surface area contributed by atoms with Gasteiger partial charge in [0.05, 0.1) is 11.4 Å². The largest absolute Gasteiger partial charge is 0.336 e. The van der Waals surface area contributed by atoms with Gasteiger partial charge in [0, 0.05) is 5.92 Å². The lowest BCUT2D eigenvalue weighted by atomic mass is 10.1. The van der Waals surface area contributed by atoms with Gasteiger partial charge in [0.15, 0.2) is 6.04 Å². The predicted molar refractivity (Wildman–Crippen MR) is 70.5 cm³/mol. The molecule has 100 valence electrons. The van der Waals surface area contributed by atoms with Crippen molar-refractivity contribution in [1.82, 2.24) is 5.32 Å². The molecule has 1 aliphatic rings. The van der Waals surface area contributed by atoms with Gasteiger partial charge in [0.25, 0.3) is 11.8 Å². The highest BCUT2D eigenvalue weighted by atomic mass is 16.2. The molecule has 0 bridgehead atoms. The van der Waals surface area contributed by atoms with Crippen molar-refractivity contribution < 1.29 is 14.4 Å². The second kappa shape index (κ2) is 5.09. The molecule has 0 spiro atoms. The van der Waals surface area contributed by atoms with Crippen molar-refractivity contribution in [2.75, 3.05) is 10.6 Å². The number of hydrogen-bond acceptors (Lipinski definition) is 3. The fourth-order valence-electron chi connectivity index (χ4n) is 1.67. The first kappa shape index (κ1) is 13.1. The highest BCUT2D eigenvalue weighted by molar-refractivity contribution is 6.19. The number of fused-ring (bicyclic) bond motifs is 1. The Hall–Kier alpha value is -2.37. The van der Waals surface area contributed by atoms with Crippen LogP contribution < -0.4 is 16.0 Å². The van der Waals surface area contributed by atoms with E-state index in [-0.39, 0.29) is 11.8 Å². The van der Waals surface area contributed by atoms with Crippen LogP contribution in [0.25, 0.3) is 0 Å². The number of carbonyl (C=O) groups is 3. The Morgan fingerprint density at radius 1 is 1.11 bits per heavy atom. The average molecular weight is 261 g/mol. The molecule has 1 aliphatic heterocycles. The molecule has 3 N–H and O–H groups in total. The zero-order chi connectivity index (χ0) is 14.0. The Balaban J connectivity index is 2.23. The van der Waals surface area contributed by atoms with Crippen LogP contribution in [0.15, 0.2) is 24.3 Å². The maximum atomic E-state index is 12.0. The number of nitrogens with one attached hydrogen (secondary N) is 3. The minimum absolute atomic E-state index is 0.300. The zero-order valence-corrected chi connectivity index (χ0v) is 10.7. The minimum Gasteiger partial charge on any atom is -0.336 e. The Bertz CT molecular complexity index is 503. The molecule has 0 aliphatic carbocycles. The summed E-state index contributed by atoms with van der Waals surface area (Å²) < 4.78 is 0. The van der Waals surface area contributed by atoms with Gasteiger partial charge in [-0.05, 0) is 12.1 Å². The quantitative estimate of drug-likeness (QED) is 0.685. The van der Waals surface area contributed by atoms with Crippen molar-refractivity contribution in [2.24, 2.45) is 5.92 Å². The van der Waals surface area contributed by atoms with E-state index in [0.29, 0.717) is 11.4 Å². The van der Waals surface area contributed by atoms with E-state index in [1.807, 2.05) is 0 Å². The first-order valence-corrected chi connectivity index (χ1v) is 6.00. The van der Waals surface area contributed by atoms with E-state index in [1.54, 1.807) is 38.1 Å². The molecule has 0 saturated heterocycles. The van der Waals surface area contributed by atoms with Crippen molar-refractivity contribution in [3.8, 4) is 0 Å². The molecule has 0 radical (unpaired) electrons. The van der Waals surface area contributed by atoms with Crippen LogP contribution in [0.4, 0.5) is 11.4 Å². The first-order chi connectivity index (χ1) is 8.99. The first-order valence-electron chi connectivity index (χ1n) is 6.00. The number of carbonyl (C=O) groups excluding carboxylic acids is 3. The van der Waals surface area contributed by atoms with Gasteiger partial charge < -0.3 is 16.0 Å². The van der Waals surface area contributed by atoms with Crippen LogP contribution in [0, 0.1) is 5.92 Å². The topological polar surface area (TPSA) is 87.3 Å². The Morgan fingerprint density at radius 3 is 2.00 bits per heavy atom. The highest BCUT2D eigenvalue weighted by Crippen LogP contribution is 2.23. The molecular formula is C13H15N3O3. The predicted octanol–water partition coefficient (Wildman–Crippen LogP) is 0.718. The van der Waals surface area contributed by atoms with E-state index >= 15 is 0 Å². The van der Waals surface area contributed by atoms with Crippen LogP contribution in [-0.2, 0) is 14.4 Å². The van der Waals surface area contributed by atoms with Gasteiger partial charge in [-0.3, -0.25) is 14.4 Å². The molecule has 0 atom stereocenters. The van der Waals surface area contributed by atoms with Crippen LogP contribution in [0.2, 0.25) is 0 Å². The van der Waals surface area contributed by atoms with Crippen LogP contribution in [0.3, 0.4) is 0 Å². The number of anilines is 2. The lowest BCUT2D eigenvalue weighted by Gasteiger charge is -2.15. The molecule has 0 saturated carbocycles. The fourth-order valence-corrected chi connectivity index (χ4v) is 1.67. The second-order valence-electron chi connectivity index (χ2n) is 4.62. The molecule has 0 aromatic heterocycles. The van der Waals surface area contributed by atoms with Crippen molar-refractivity contribution in [3.05, 3.63) is 24.3 Å². The standard InChI is InChI=1S/C13H15N3O3/c1-7(2)11(17)16-10-12(18)14-8-5-3-4-6-9(8)15-13(10)19/h3-7,10H,1-2H3,(H,14,18)(H,15,19)(H,16,17). The lowest BCUT2D eigenvalue weighted by Crippen LogP contribution is -2.51. The van der Waals surface area contributed by atoms with Gasteiger partial charge in [0.2, 0.25) is 5.91 Å². The third kappa shape index (κ3) is 2.73. The SMILES string of the molecule is CC(C)C(=O)NC1C(=O)Nc2ccccc2NC1=O. The van der Waals surface area contributed by atoms with Gasteiger partial charge in [0.1, 0.15) is 0 Å². The molecule has 19 heavy (non-hydrogen) atoms. The molecule has 1 aromatic carbocycles. The molecular weight excluding hydrogens is 246 g/mol. The average Bonchev–Trinajstić information content (AvgIpc) is 2.47. The number of rotatable bonds is 2. The van der Waals surface area contributed by atoms with Gasteiger partial charge in [-0.1, -0.05) is 26.0 Å². The third-order valence-electron chi connectivity index (χ3n) is 2.78. The van der Waals surface area contributed by atoms with E-state index in [4.69, 9.17) is 0 Å². The van der Waals surface area contributed by atoms with E-state index < -0.39 is 17.9 Å². The van der Waals surface area contributed by atoms with E-state index in [2.05, 4.69) is 16.0 Å². The third-order valence-corrected chi connectivity index (χ3v) is 2.78. The molecule has 1 heterocycles. The van der Waals surface area contributed by atoms with Crippen molar-refractivity contribution in [3.63, 3.8) is 0 Å². The van der Waals surface area contributed by atoms with Crippen molar-refractivity contribution in [2.45, 2.75) is 19.9 Å². The summed E-state index contributed by atoms with van der Waals surface area (Å²) >= 11 is 0. The minimum atomic E-state index is -1.22. The van der Waals surface area contributed by atoms with Gasteiger partial charge in [-0.25, -0.2) is 0 Å². The van der Waals surface area contributed by atoms with Crippen molar-refractivity contribution in [1.29, 1.82) is 0 Å². The maximum absolute atomic E-state index is 12.0. The summed E-state index contributed by atoms with van der Waals surface area (Å²) in [6.45, 7) is 3.38. The van der Waals surface area contributed by atoms with Crippen LogP contribution in [-0.4, -0.2) is 23.8 Å². The number of para-hydroxylation sites is 2. The van der Waals surface area contributed by atoms with E-state index in [9.17, 15) is 14.4 Å². The van der Waals surface area contributed by atoms with Crippen molar-refractivity contribution >= 4 is 29.1 Å².